The molecule has 0 aromatic carbocycles. The predicted molar refractivity (Wildman–Crippen MR) is 86.6 cm³/mol. The van der Waals surface area contributed by atoms with E-state index in [1.807, 2.05) is 12.4 Å². The summed E-state index contributed by atoms with van der Waals surface area (Å²) in [5.74, 6) is 0. The topological polar surface area (TPSA) is 42.2 Å². The van der Waals surface area contributed by atoms with E-state index in [4.69, 9.17) is 5.73 Å². The van der Waals surface area contributed by atoms with Gasteiger partial charge >= 0.3 is 0 Å². The van der Waals surface area contributed by atoms with Gasteiger partial charge in [0.1, 0.15) is 0 Å². The van der Waals surface area contributed by atoms with Crippen molar-refractivity contribution in [3.63, 3.8) is 0 Å². The summed E-state index contributed by atoms with van der Waals surface area (Å²) in [6.45, 7) is 10.1. The third-order valence-electron chi connectivity index (χ3n) is 3.97. The number of unbranched alkanes of at least 4 members (excludes halogenated alkanes) is 2. The van der Waals surface area contributed by atoms with E-state index in [9.17, 15) is 0 Å². The quantitative estimate of drug-likeness (QED) is 0.699. The number of nitrogens with zero attached hydrogens (tertiary/aromatic N) is 2. The fraction of sp³-hybridized carbons (Fsp3) is 0.706. The third kappa shape index (κ3) is 4.88. The molecule has 0 saturated heterocycles. The van der Waals surface area contributed by atoms with Gasteiger partial charge in [-0.2, -0.15) is 0 Å². The van der Waals surface area contributed by atoms with Crippen LogP contribution in [0.15, 0.2) is 24.5 Å². The van der Waals surface area contributed by atoms with Crippen LogP contribution in [0.5, 0.6) is 0 Å². The Balaban J connectivity index is 2.93. The number of hydrogen-bond donors (Lipinski definition) is 1. The average molecular weight is 277 g/mol. The second-order valence-corrected chi connectivity index (χ2v) is 5.84. The lowest BCUT2D eigenvalue weighted by atomic mass is 9.95. The van der Waals surface area contributed by atoms with Gasteiger partial charge in [0.15, 0.2) is 0 Å². The van der Waals surface area contributed by atoms with Crippen LogP contribution in [0.2, 0.25) is 0 Å². The first-order valence-corrected chi connectivity index (χ1v) is 8.03. The van der Waals surface area contributed by atoms with Crippen LogP contribution in [-0.4, -0.2) is 28.5 Å². The molecule has 1 rings (SSSR count). The van der Waals surface area contributed by atoms with Crippen molar-refractivity contribution in [3.8, 4) is 0 Å². The van der Waals surface area contributed by atoms with Crippen LogP contribution in [-0.2, 0) is 0 Å². The van der Waals surface area contributed by atoms with E-state index in [1.165, 1.54) is 24.8 Å². The molecule has 0 spiro atoms. The van der Waals surface area contributed by atoms with Crippen molar-refractivity contribution in [1.29, 1.82) is 0 Å². The molecule has 3 nitrogen and oxygen atoms in total. The van der Waals surface area contributed by atoms with Crippen molar-refractivity contribution in [1.82, 2.24) is 9.88 Å². The maximum atomic E-state index is 6.43. The summed E-state index contributed by atoms with van der Waals surface area (Å²) in [7, 11) is 0. The Kier molecular flexibility index (Phi) is 7.78. The standard InChI is InChI=1S/C17H31N3/c1-5-7-8-13-20(14(3)4)17(16(18)6-2)15-9-11-19-12-10-15/h9-12,14,16-17H,5-8,13,18H2,1-4H3. The van der Waals surface area contributed by atoms with Crippen LogP contribution < -0.4 is 5.73 Å². The highest BCUT2D eigenvalue weighted by molar-refractivity contribution is 5.17. The van der Waals surface area contributed by atoms with E-state index in [1.54, 1.807) is 0 Å². The van der Waals surface area contributed by atoms with Crippen LogP contribution in [0.25, 0.3) is 0 Å². The van der Waals surface area contributed by atoms with Gasteiger partial charge in [-0.05, 0) is 50.9 Å². The second kappa shape index (κ2) is 9.09. The molecule has 114 valence electrons. The monoisotopic (exact) mass is 277 g/mol. The zero-order valence-electron chi connectivity index (χ0n) is 13.5. The lowest BCUT2D eigenvalue weighted by molar-refractivity contribution is 0.127. The fourth-order valence-electron chi connectivity index (χ4n) is 2.73. The zero-order valence-corrected chi connectivity index (χ0v) is 13.5. The molecule has 3 heteroatoms. The van der Waals surface area contributed by atoms with Crippen LogP contribution >= 0.6 is 0 Å². The van der Waals surface area contributed by atoms with Crippen LogP contribution in [0, 0.1) is 0 Å². The lowest BCUT2D eigenvalue weighted by Crippen LogP contribution is -2.44. The lowest BCUT2D eigenvalue weighted by Gasteiger charge is -2.38. The van der Waals surface area contributed by atoms with Crippen LogP contribution in [0.1, 0.15) is 65.0 Å². The largest absolute Gasteiger partial charge is 0.326 e. The summed E-state index contributed by atoms with van der Waals surface area (Å²) < 4.78 is 0. The Labute approximate surface area is 124 Å². The van der Waals surface area contributed by atoms with Gasteiger partial charge in [-0.25, -0.2) is 0 Å². The summed E-state index contributed by atoms with van der Waals surface area (Å²) >= 11 is 0. The predicted octanol–water partition coefficient (Wildman–Crippen LogP) is 3.76. The first kappa shape index (κ1) is 17.1. The fourth-order valence-corrected chi connectivity index (χ4v) is 2.73. The molecule has 0 aliphatic heterocycles. The van der Waals surface area contributed by atoms with Crippen molar-refractivity contribution < 1.29 is 0 Å². The summed E-state index contributed by atoms with van der Waals surface area (Å²) in [6, 6.07) is 5.18. The molecule has 1 aromatic heterocycles. The highest BCUT2D eigenvalue weighted by Crippen LogP contribution is 2.27. The molecule has 0 aliphatic rings. The van der Waals surface area contributed by atoms with Gasteiger partial charge in [0, 0.05) is 24.5 Å². The van der Waals surface area contributed by atoms with Crippen LogP contribution in [0.3, 0.4) is 0 Å². The van der Waals surface area contributed by atoms with Gasteiger partial charge in [0.2, 0.25) is 0 Å². The van der Waals surface area contributed by atoms with Gasteiger partial charge in [-0.3, -0.25) is 9.88 Å². The number of pyridine rings is 1. The normalized spacial score (nSPS) is 14.8. The first-order chi connectivity index (χ1) is 9.61. The highest BCUT2D eigenvalue weighted by atomic mass is 15.2. The minimum atomic E-state index is 0.168. The summed E-state index contributed by atoms with van der Waals surface area (Å²) in [4.78, 5) is 6.69. The molecule has 0 saturated carbocycles. The van der Waals surface area contributed by atoms with Gasteiger partial charge in [0.25, 0.3) is 0 Å². The Morgan fingerprint density at radius 2 is 1.80 bits per heavy atom. The van der Waals surface area contributed by atoms with E-state index < -0.39 is 0 Å². The number of aromatic nitrogens is 1. The van der Waals surface area contributed by atoms with Crippen molar-refractivity contribution in [3.05, 3.63) is 30.1 Å². The highest BCUT2D eigenvalue weighted by Gasteiger charge is 2.27. The van der Waals surface area contributed by atoms with Crippen molar-refractivity contribution in [2.75, 3.05) is 6.54 Å². The third-order valence-corrected chi connectivity index (χ3v) is 3.97. The molecular weight excluding hydrogens is 246 g/mol. The molecule has 2 atom stereocenters. The zero-order chi connectivity index (χ0) is 15.0. The average Bonchev–Trinajstić information content (AvgIpc) is 2.46. The van der Waals surface area contributed by atoms with E-state index in [0.717, 1.165) is 13.0 Å². The van der Waals surface area contributed by atoms with Gasteiger partial charge in [-0.15, -0.1) is 0 Å². The smallest absolute Gasteiger partial charge is 0.0502 e. The maximum absolute atomic E-state index is 6.43. The Morgan fingerprint density at radius 3 is 2.30 bits per heavy atom. The molecule has 0 radical (unpaired) electrons. The second-order valence-electron chi connectivity index (χ2n) is 5.84. The van der Waals surface area contributed by atoms with Crippen LogP contribution in [0.4, 0.5) is 0 Å². The van der Waals surface area contributed by atoms with E-state index in [2.05, 4.69) is 49.7 Å². The number of hydrogen-bond acceptors (Lipinski definition) is 3. The van der Waals surface area contributed by atoms with Gasteiger partial charge < -0.3 is 5.73 Å². The Morgan fingerprint density at radius 1 is 1.15 bits per heavy atom. The SMILES string of the molecule is CCCCCN(C(C)C)C(c1ccncc1)C(N)CC. The molecule has 2 N–H and O–H groups in total. The number of rotatable bonds is 9. The molecular formula is C17H31N3. The molecule has 0 amide bonds. The minimum absolute atomic E-state index is 0.168. The van der Waals surface area contributed by atoms with E-state index in [-0.39, 0.29) is 6.04 Å². The Bertz CT molecular complexity index is 351. The molecule has 1 heterocycles. The van der Waals surface area contributed by atoms with E-state index in [0.29, 0.717) is 12.1 Å². The maximum Gasteiger partial charge on any atom is 0.0502 e. The molecule has 0 fully saturated rings. The molecule has 20 heavy (non-hydrogen) atoms. The summed E-state index contributed by atoms with van der Waals surface area (Å²) in [5.41, 5.74) is 7.72. The molecule has 2 unspecified atom stereocenters. The van der Waals surface area contributed by atoms with Gasteiger partial charge in [0.05, 0.1) is 6.04 Å². The summed E-state index contributed by atoms with van der Waals surface area (Å²) in [5, 5.41) is 0. The summed E-state index contributed by atoms with van der Waals surface area (Å²) in [6.07, 6.45) is 8.51. The first-order valence-electron chi connectivity index (χ1n) is 8.03. The van der Waals surface area contributed by atoms with E-state index >= 15 is 0 Å². The van der Waals surface area contributed by atoms with Crippen molar-refractivity contribution >= 4 is 0 Å². The minimum Gasteiger partial charge on any atom is -0.326 e. The van der Waals surface area contributed by atoms with Crippen molar-refractivity contribution in [2.24, 2.45) is 5.73 Å². The Hall–Kier alpha value is -0.930. The van der Waals surface area contributed by atoms with Crippen molar-refractivity contribution in [2.45, 2.75) is 71.5 Å². The number of nitrogens with two attached hydrogens (primary N) is 1. The molecule has 1 aromatic rings. The van der Waals surface area contributed by atoms with Gasteiger partial charge in [-0.1, -0.05) is 26.7 Å². The molecule has 0 bridgehead atoms. The molecule has 0 aliphatic carbocycles.